The van der Waals surface area contributed by atoms with Crippen molar-refractivity contribution in [3.63, 3.8) is 0 Å². The minimum atomic E-state index is -3.40. The van der Waals surface area contributed by atoms with Crippen LogP contribution in [0, 0.1) is 6.92 Å². The minimum absolute atomic E-state index is 0.119. The van der Waals surface area contributed by atoms with E-state index in [1.165, 1.54) is 11.3 Å². The third-order valence-electron chi connectivity index (χ3n) is 3.01. The van der Waals surface area contributed by atoms with Crippen LogP contribution in [0.1, 0.15) is 22.8 Å². The lowest BCUT2D eigenvalue weighted by Gasteiger charge is -2.14. The maximum Gasteiger partial charge on any atom is 0.252 e. The molecular weight excluding hydrogens is 306 g/mol. The van der Waals surface area contributed by atoms with Gasteiger partial charge in [0.2, 0.25) is 0 Å². The van der Waals surface area contributed by atoms with E-state index in [9.17, 15) is 13.2 Å². The first-order valence-electron chi connectivity index (χ1n) is 6.51. The number of rotatable bonds is 5. The van der Waals surface area contributed by atoms with E-state index in [-0.39, 0.29) is 16.6 Å². The van der Waals surface area contributed by atoms with Gasteiger partial charge in [0.1, 0.15) is 0 Å². The zero-order valence-corrected chi connectivity index (χ0v) is 13.5. The van der Waals surface area contributed by atoms with Crippen LogP contribution in [-0.2, 0) is 9.84 Å². The first-order valence-corrected chi connectivity index (χ1v) is 9.10. The van der Waals surface area contributed by atoms with Crippen molar-refractivity contribution in [2.45, 2.75) is 24.8 Å². The number of benzene rings is 1. The monoisotopic (exact) mass is 323 g/mol. The molecule has 0 aliphatic carbocycles. The quantitative estimate of drug-likeness (QED) is 0.920. The van der Waals surface area contributed by atoms with Gasteiger partial charge in [-0.2, -0.15) is 11.3 Å². The highest BCUT2D eigenvalue weighted by molar-refractivity contribution is 7.91. The Balaban J connectivity index is 2.03. The number of aryl methyl sites for hydroxylation is 1. The van der Waals surface area contributed by atoms with Crippen LogP contribution in [0.4, 0.5) is 0 Å². The number of hydrogen-bond donors (Lipinski definition) is 1. The molecule has 1 heterocycles. The van der Waals surface area contributed by atoms with Crippen LogP contribution in [-0.4, -0.2) is 26.1 Å². The summed E-state index contributed by atoms with van der Waals surface area (Å²) >= 11 is 1.43. The number of nitrogens with one attached hydrogen (secondary N) is 1. The molecule has 1 N–H and O–H groups in total. The van der Waals surface area contributed by atoms with Gasteiger partial charge in [-0.1, -0.05) is 17.7 Å². The van der Waals surface area contributed by atoms with E-state index in [0.717, 1.165) is 5.56 Å². The molecule has 1 amide bonds. The summed E-state index contributed by atoms with van der Waals surface area (Å²) in [5.41, 5.74) is 1.56. The van der Waals surface area contributed by atoms with Crippen LogP contribution in [0.5, 0.6) is 0 Å². The fourth-order valence-electron chi connectivity index (χ4n) is 1.91. The number of sulfone groups is 1. The van der Waals surface area contributed by atoms with Gasteiger partial charge in [0.25, 0.3) is 5.91 Å². The number of thiophene rings is 1. The second-order valence-electron chi connectivity index (χ2n) is 4.98. The van der Waals surface area contributed by atoms with E-state index < -0.39 is 15.9 Å². The number of carbonyl (C=O) groups is 1. The summed E-state index contributed by atoms with van der Waals surface area (Å²) in [7, 11) is -3.40. The maximum atomic E-state index is 12.3. The predicted molar refractivity (Wildman–Crippen MR) is 84.5 cm³/mol. The molecule has 21 heavy (non-hydrogen) atoms. The highest BCUT2D eigenvalue weighted by Crippen LogP contribution is 2.13. The number of hydrogen-bond acceptors (Lipinski definition) is 4. The zero-order valence-electron chi connectivity index (χ0n) is 11.9. The lowest BCUT2D eigenvalue weighted by molar-refractivity contribution is 0.0944. The Morgan fingerprint density at radius 2 is 1.90 bits per heavy atom. The molecule has 0 bridgehead atoms. The van der Waals surface area contributed by atoms with E-state index in [2.05, 4.69) is 5.32 Å². The van der Waals surface area contributed by atoms with Crippen LogP contribution in [0.2, 0.25) is 0 Å². The fourth-order valence-corrected chi connectivity index (χ4v) is 4.03. The SMILES string of the molecule is Cc1ccc(S(=O)(=O)C[C@H](C)NC(=O)c2ccsc2)cc1. The van der Waals surface area contributed by atoms with Gasteiger partial charge >= 0.3 is 0 Å². The molecule has 0 aliphatic rings. The topological polar surface area (TPSA) is 63.2 Å². The summed E-state index contributed by atoms with van der Waals surface area (Å²) < 4.78 is 24.5. The molecule has 4 nitrogen and oxygen atoms in total. The van der Waals surface area contributed by atoms with E-state index in [1.54, 1.807) is 42.6 Å². The van der Waals surface area contributed by atoms with Gasteiger partial charge in [-0.15, -0.1) is 0 Å². The van der Waals surface area contributed by atoms with Gasteiger partial charge < -0.3 is 5.32 Å². The smallest absolute Gasteiger partial charge is 0.252 e. The molecule has 6 heteroatoms. The molecule has 1 aromatic heterocycles. The Morgan fingerprint density at radius 3 is 2.48 bits per heavy atom. The molecule has 0 spiro atoms. The highest BCUT2D eigenvalue weighted by Gasteiger charge is 2.20. The molecule has 1 aromatic carbocycles. The number of amides is 1. The largest absolute Gasteiger partial charge is 0.349 e. The summed E-state index contributed by atoms with van der Waals surface area (Å²) in [5.74, 6) is -0.366. The molecule has 0 radical (unpaired) electrons. The Bertz CT molecular complexity index is 704. The lowest BCUT2D eigenvalue weighted by Crippen LogP contribution is -2.37. The Kier molecular flexibility index (Phi) is 4.80. The third-order valence-corrected chi connectivity index (χ3v) is 5.62. The Labute approximate surface area is 128 Å². The van der Waals surface area contributed by atoms with Crippen molar-refractivity contribution in [3.05, 3.63) is 52.2 Å². The Hall–Kier alpha value is -1.66. The van der Waals surface area contributed by atoms with Crippen LogP contribution < -0.4 is 5.32 Å². The van der Waals surface area contributed by atoms with Crippen molar-refractivity contribution < 1.29 is 13.2 Å². The molecule has 0 unspecified atom stereocenters. The summed E-state index contributed by atoms with van der Waals surface area (Å²) in [6.07, 6.45) is 0. The van der Waals surface area contributed by atoms with E-state index in [4.69, 9.17) is 0 Å². The third kappa shape index (κ3) is 4.15. The van der Waals surface area contributed by atoms with E-state index in [0.29, 0.717) is 5.56 Å². The average molecular weight is 323 g/mol. The fraction of sp³-hybridized carbons (Fsp3) is 0.267. The predicted octanol–water partition coefficient (Wildman–Crippen LogP) is 2.65. The molecule has 0 saturated carbocycles. The first kappa shape index (κ1) is 15.7. The molecule has 0 fully saturated rings. The number of carbonyl (C=O) groups excluding carboxylic acids is 1. The minimum Gasteiger partial charge on any atom is -0.349 e. The van der Waals surface area contributed by atoms with Gasteiger partial charge in [0, 0.05) is 17.0 Å². The van der Waals surface area contributed by atoms with Crippen LogP contribution >= 0.6 is 11.3 Å². The van der Waals surface area contributed by atoms with Crippen molar-refractivity contribution in [1.82, 2.24) is 5.32 Å². The van der Waals surface area contributed by atoms with Gasteiger partial charge in [-0.3, -0.25) is 4.79 Å². The molecular formula is C15H17NO3S2. The highest BCUT2D eigenvalue weighted by atomic mass is 32.2. The van der Waals surface area contributed by atoms with Crippen LogP contribution in [0.3, 0.4) is 0 Å². The standard InChI is InChI=1S/C15H17NO3S2/c1-11-3-5-14(6-4-11)21(18,19)10-12(2)16-15(17)13-7-8-20-9-13/h3-9,12H,10H2,1-2H3,(H,16,17)/t12-/m0/s1. The average Bonchev–Trinajstić information content (AvgIpc) is 2.92. The summed E-state index contributed by atoms with van der Waals surface area (Å²) in [5, 5.41) is 6.25. The van der Waals surface area contributed by atoms with Crippen LogP contribution in [0.15, 0.2) is 46.0 Å². The molecule has 112 valence electrons. The second-order valence-corrected chi connectivity index (χ2v) is 7.80. The van der Waals surface area contributed by atoms with Crippen molar-refractivity contribution >= 4 is 27.1 Å². The normalized spacial score (nSPS) is 12.9. The van der Waals surface area contributed by atoms with Gasteiger partial charge in [0.15, 0.2) is 9.84 Å². The lowest BCUT2D eigenvalue weighted by atomic mass is 10.2. The van der Waals surface area contributed by atoms with Crippen molar-refractivity contribution in [3.8, 4) is 0 Å². The summed E-state index contributed by atoms with van der Waals surface area (Å²) in [4.78, 5) is 12.2. The van der Waals surface area contributed by atoms with Crippen LogP contribution in [0.25, 0.3) is 0 Å². The maximum absolute atomic E-state index is 12.3. The van der Waals surface area contributed by atoms with Crippen molar-refractivity contribution in [1.29, 1.82) is 0 Å². The first-order chi connectivity index (χ1) is 9.88. The summed E-state index contributed by atoms with van der Waals surface area (Å²) in [6.45, 7) is 3.59. The molecule has 0 aliphatic heterocycles. The second kappa shape index (κ2) is 6.41. The molecule has 2 rings (SSSR count). The van der Waals surface area contributed by atoms with Gasteiger partial charge in [0.05, 0.1) is 10.6 Å². The van der Waals surface area contributed by atoms with Gasteiger partial charge in [-0.05, 0) is 37.4 Å². The van der Waals surface area contributed by atoms with Gasteiger partial charge in [-0.25, -0.2) is 8.42 Å². The zero-order chi connectivity index (χ0) is 15.5. The van der Waals surface area contributed by atoms with Crippen molar-refractivity contribution in [2.24, 2.45) is 0 Å². The van der Waals surface area contributed by atoms with E-state index >= 15 is 0 Å². The van der Waals surface area contributed by atoms with Crippen molar-refractivity contribution in [2.75, 3.05) is 5.75 Å². The molecule has 2 aromatic rings. The Morgan fingerprint density at radius 1 is 1.24 bits per heavy atom. The summed E-state index contributed by atoms with van der Waals surface area (Å²) in [6, 6.07) is 7.98. The molecule has 0 saturated heterocycles. The molecule has 1 atom stereocenters. The van der Waals surface area contributed by atoms with E-state index in [1.807, 2.05) is 12.3 Å².